The summed E-state index contributed by atoms with van der Waals surface area (Å²) in [4.78, 5) is 37.3. The third-order valence-corrected chi connectivity index (χ3v) is 14.1. The number of carboxylic acids is 1. The highest BCUT2D eigenvalue weighted by atomic mass is 35.5. The average molecular weight is 1010 g/mol. The van der Waals surface area contributed by atoms with Gasteiger partial charge in [0.05, 0.1) is 60.9 Å². The van der Waals surface area contributed by atoms with E-state index in [0.717, 1.165) is 31.1 Å². The van der Waals surface area contributed by atoms with Crippen molar-refractivity contribution in [1.29, 1.82) is 0 Å². The number of methoxy groups -OCH3 is 1. The largest absolute Gasteiger partial charge is 0.490 e. The van der Waals surface area contributed by atoms with E-state index in [0.29, 0.717) is 117 Å². The molecule has 3 aliphatic heterocycles. The van der Waals surface area contributed by atoms with Gasteiger partial charge in [0.15, 0.2) is 5.75 Å². The Labute approximate surface area is 413 Å². The Hall–Kier alpha value is -5.18. The lowest BCUT2D eigenvalue weighted by molar-refractivity contribution is -0.145. The minimum atomic E-state index is -1.47. The monoisotopic (exact) mass is 1010 g/mol. The summed E-state index contributed by atoms with van der Waals surface area (Å²) in [6.07, 6.45) is 7.40. The third-order valence-electron chi connectivity index (χ3n) is 12.0. The van der Waals surface area contributed by atoms with Crippen molar-refractivity contribution in [2.75, 3.05) is 93.1 Å². The lowest BCUT2D eigenvalue weighted by Gasteiger charge is -2.35. The van der Waals surface area contributed by atoms with Gasteiger partial charge in [-0.25, -0.2) is 24.1 Å². The number of hydrogen-bond acceptors (Lipinski definition) is 16. The molecule has 2 aromatic carbocycles. The Bertz CT molecular complexity index is 2640. The van der Waals surface area contributed by atoms with Gasteiger partial charge in [0.25, 0.3) is 0 Å². The topological polar surface area (TPSA) is 169 Å². The molecule has 1 fully saturated rings. The number of piperazine rings is 1. The van der Waals surface area contributed by atoms with Crippen molar-refractivity contribution < 1.29 is 52.2 Å². The first-order chi connectivity index (χ1) is 33.5. The summed E-state index contributed by atoms with van der Waals surface area (Å²) in [6.45, 7) is 10.3. The van der Waals surface area contributed by atoms with Gasteiger partial charge in [0.1, 0.15) is 60.1 Å². The van der Waals surface area contributed by atoms with Crippen LogP contribution in [0.1, 0.15) is 39.6 Å². The van der Waals surface area contributed by atoms with Crippen LogP contribution in [0.5, 0.6) is 29.0 Å². The number of carbonyl (C=O) groups is 1. The number of likely N-dealkylation sites (N-methyl/N-ethyl adjacent to an activating group) is 1. The maximum absolute atomic E-state index is 14.4. The number of thiophene rings is 1. The van der Waals surface area contributed by atoms with E-state index in [1.807, 2.05) is 19.9 Å². The van der Waals surface area contributed by atoms with E-state index < -0.39 is 18.2 Å². The number of carboxylic acid groups (broad SMARTS) is 1. The van der Waals surface area contributed by atoms with Gasteiger partial charge < -0.3 is 47.9 Å². The Balaban J connectivity index is 1.14. The standard InChI is InChI=1S/C49H55Cl2FN6O10S/c1-29-40-30(2)44(51)45(43(29)50)67-36(25-58-13-11-57(3)12-14-58)27-65-35-9-10-37(66-26-34-23-53-24-39(56-34)64-20-19-63-18-17-62-16-15-61-4)32(21-35)22-38(49(59)60)68-47-42-41(40)46(69-48(42)55-28-54-47)31-5-7-33(52)8-6-31/h5,7-10,21,23-24,28,31,36,38H,6,11-20,22,25-27H2,1-4H3,(H,59,60)/t31?,36-,38-/m1/s1. The number of halogens is 3. The molecule has 5 aromatic rings. The summed E-state index contributed by atoms with van der Waals surface area (Å²) in [7, 11) is 3.72. The molecule has 0 spiro atoms. The molecule has 20 heteroatoms. The van der Waals surface area contributed by atoms with E-state index in [9.17, 15) is 14.3 Å². The second-order valence-corrected chi connectivity index (χ2v) is 18.6. The summed E-state index contributed by atoms with van der Waals surface area (Å²) >= 11 is 16.1. The number of aromatic nitrogens is 4. The molecule has 16 nitrogen and oxygen atoms in total. The summed E-state index contributed by atoms with van der Waals surface area (Å²) in [6, 6.07) is 5.21. The van der Waals surface area contributed by atoms with Gasteiger partial charge in [0.2, 0.25) is 17.9 Å². The van der Waals surface area contributed by atoms with Gasteiger partial charge in [-0.2, -0.15) is 0 Å². The van der Waals surface area contributed by atoms with Gasteiger partial charge in [-0.05, 0) is 74.4 Å². The maximum atomic E-state index is 14.4. The minimum Gasteiger partial charge on any atom is -0.490 e. The van der Waals surface area contributed by atoms with Crippen LogP contribution in [0.25, 0.3) is 21.3 Å². The zero-order chi connectivity index (χ0) is 48.4. The van der Waals surface area contributed by atoms with Crippen molar-refractivity contribution in [3.63, 3.8) is 0 Å². The van der Waals surface area contributed by atoms with Crippen molar-refractivity contribution in [1.82, 2.24) is 29.7 Å². The van der Waals surface area contributed by atoms with Crippen LogP contribution in [-0.4, -0.2) is 146 Å². The molecule has 1 N–H and O–H groups in total. The predicted octanol–water partition coefficient (Wildman–Crippen LogP) is 8.07. The molecule has 0 amide bonds. The minimum absolute atomic E-state index is 0.0219. The van der Waals surface area contributed by atoms with E-state index in [-0.39, 0.29) is 49.7 Å². The van der Waals surface area contributed by atoms with Crippen molar-refractivity contribution >= 4 is 50.7 Å². The van der Waals surface area contributed by atoms with Crippen molar-refractivity contribution in [3.8, 4) is 40.1 Å². The van der Waals surface area contributed by atoms with Crippen LogP contribution in [0.2, 0.25) is 10.0 Å². The summed E-state index contributed by atoms with van der Waals surface area (Å²) < 4.78 is 62.3. The fourth-order valence-corrected chi connectivity index (χ4v) is 10.1. The second kappa shape index (κ2) is 23.6. The van der Waals surface area contributed by atoms with Gasteiger partial charge in [0, 0.05) is 68.2 Å². The number of nitrogens with zero attached hydrogens (tertiary/aromatic N) is 6. The summed E-state index contributed by atoms with van der Waals surface area (Å²) in [5.41, 5.74) is 3.65. The number of benzene rings is 2. The quantitative estimate of drug-likeness (QED) is 0.0887. The Morgan fingerprint density at radius 3 is 2.43 bits per heavy atom. The molecule has 1 saturated heterocycles. The first-order valence-corrected chi connectivity index (χ1v) is 24.3. The highest BCUT2D eigenvalue weighted by Gasteiger charge is 2.33. The number of hydrogen-bond donors (Lipinski definition) is 1. The number of allylic oxidation sites excluding steroid dienone is 4. The zero-order valence-corrected chi connectivity index (χ0v) is 41.2. The van der Waals surface area contributed by atoms with E-state index >= 15 is 0 Å². The number of ether oxygens (including phenoxy) is 8. The molecule has 69 heavy (non-hydrogen) atoms. The van der Waals surface area contributed by atoms with Gasteiger partial charge >= 0.3 is 5.97 Å². The average Bonchev–Trinajstić information content (AvgIpc) is 3.73. The lowest BCUT2D eigenvalue weighted by Crippen LogP contribution is -2.49. The molecule has 1 aliphatic carbocycles. The SMILES string of the molecule is COCCOCCOCCOc1cncc(COc2ccc3cc2C[C@H](C(=O)O)Oc2ncnc4sc(C5C=CC(F)=CC5)c(c24)-c2c(C)c(Cl)c(c(Cl)c2C)O[C@H](CN2CCN(C)CC2)CO3)n1. The molecular formula is C49H55Cl2FN6O10S. The van der Waals surface area contributed by atoms with E-state index in [4.69, 9.17) is 61.1 Å². The highest BCUT2D eigenvalue weighted by molar-refractivity contribution is 7.19. The lowest BCUT2D eigenvalue weighted by atomic mass is 9.88. The van der Waals surface area contributed by atoms with E-state index in [1.165, 1.54) is 36.0 Å². The first-order valence-electron chi connectivity index (χ1n) is 22.7. The van der Waals surface area contributed by atoms with Crippen LogP contribution >= 0.6 is 34.5 Å². The van der Waals surface area contributed by atoms with Crippen LogP contribution in [-0.2, 0) is 32.0 Å². The third kappa shape index (κ3) is 12.4. The molecule has 4 bridgehead atoms. The van der Waals surface area contributed by atoms with Crippen LogP contribution < -0.4 is 23.7 Å². The number of rotatable bonds is 17. The smallest absolute Gasteiger partial charge is 0.345 e. The zero-order valence-electron chi connectivity index (χ0n) is 38.9. The van der Waals surface area contributed by atoms with Gasteiger partial charge in [-0.1, -0.05) is 29.3 Å². The molecule has 0 radical (unpaired) electrons. The van der Waals surface area contributed by atoms with Crippen LogP contribution in [0, 0.1) is 13.8 Å². The first kappa shape index (κ1) is 50.2. The normalized spacial score (nSPS) is 18.8. The summed E-state index contributed by atoms with van der Waals surface area (Å²) in [5.74, 6) is -0.376. The van der Waals surface area contributed by atoms with Crippen molar-refractivity contribution in [3.05, 3.63) is 98.3 Å². The van der Waals surface area contributed by atoms with Crippen LogP contribution in [0.3, 0.4) is 0 Å². The molecule has 3 aromatic heterocycles. The molecule has 1 unspecified atom stereocenters. The molecule has 6 heterocycles. The fourth-order valence-electron chi connectivity index (χ4n) is 8.33. The molecule has 3 atom stereocenters. The fraction of sp³-hybridized carbons (Fsp3) is 0.449. The molecule has 368 valence electrons. The van der Waals surface area contributed by atoms with Crippen LogP contribution in [0.15, 0.2) is 61.0 Å². The van der Waals surface area contributed by atoms with Gasteiger partial charge in [-0.3, -0.25) is 9.88 Å². The van der Waals surface area contributed by atoms with E-state index in [2.05, 4.69) is 36.8 Å². The van der Waals surface area contributed by atoms with E-state index in [1.54, 1.807) is 31.5 Å². The summed E-state index contributed by atoms with van der Waals surface area (Å²) in [5, 5.41) is 12.0. The van der Waals surface area contributed by atoms with Crippen molar-refractivity contribution in [2.24, 2.45) is 0 Å². The Morgan fingerprint density at radius 2 is 1.71 bits per heavy atom. The highest BCUT2D eigenvalue weighted by Crippen LogP contribution is 2.53. The van der Waals surface area contributed by atoms with Gasteiger partial charge in [-0.15, -0.1) is 11.3 Å². The number of aliphatic carboxylic acids is 1. The second-order valence-electron chi connectivity index (χ2n) is 16.8. The Morgan fingerprint density at radius 1 is 0.957 bits per heavy atom. The van der Waals surface area contributed by atoms with Crippen LogP contribution in [0.4, 0.5) is 4.39 Å². The predicted molar refractivity (Wildman–Crippen MR) is 259 cm³/mol. The van der Waals surface area contributed by atoms with Crippen molar-refractivity contribution in [2.45, 2.75) is 51.4 Å². The molecule has 9 rings (SSSR count). The maximum Gasteiger partial charge on any atom is 0.345 e. The molecule has 0 saturated carbocycles. The Kier molecular flexibility index (Phi) is 17.2. The number of fused-ring (bicyclic) bond motifs is 7. The molecular weight excluding hydrogens is 955 g/mol. The molecule has 4 aliphatic rings.